The van der Waals surface area contributed by atoms with Crippen molar-refractivity contribution in [3.05, 3.63) is 65.2 Å². The van der Waals surface area contributed by atoms with Gasteiger partial charge in [0.15, 0.2) is 0 Å². The lowest BCUT2D eigenvalue weighted by atomic mass is 10.0. The molecule has 2 aromatic rings. The van der Waals surface area contributed by atoms with E-state index >= 15 is 0 Å². The summed E-state index contributed by atoms with van der Waals surface area (Å²) in [6.07, 6.45) is -0.986. The highest BCUT2D eigenvalue weighted by molar-refractivity contribution is 6.76. The largest absolute Gasteiger partial charge is 0.486 e. The number of nitrogens with zero attached hydrogens (tertiary/aromatic N) is 3. The van der Waals surface area contributed by atoms with Crippen LogP contribution in [-0.2, 0) is 37.0 Å². The van der Waals surface area contributed by atoms with E-state index in [-0.39, 0.29) is 51.1 Å². The van der Waals surface area contributed by atoms with Crippen molar-refractivity contribution in [3.63, 3.8) is 0 Å². The molecule has 2 saturated heterocycles. The molecule has 0 spiro atoms. The molecule has 1 N–H and O–H groups in total. The fourth-order valence-corrected chi connectivity index (χ4v) is 6.99. The van der Waals surface area contributed by atoms with Crippen molar-refractivity contribution >= 4 is 38.0 Å². The summed E-state index contributed by atoms with van der Waals surface area (Å²) >= 11 is 0. The van der Waals surface area contributed by atoms with Crippen LogP contribution in [0.15, 0.2) is 48.5 Å². The number of nitrogens with one attached hydrogen (secondary N) is 1. The van der Waals surface area contributed by atoms with Crippen LogP contribution in [0.5, 0.6) is 5.75 Å². The van der Waals surface area contributed by atoms with Crippen LogP contribution in [0.2, 0.25) is 25.7 Å². The standard InChI is InChI=1S/C37H50N4O9Si/c1-37(2,3)50-35(45)38-29-16-17-39(36(46)48-23-25-10-8-7-9-11-25)22-31(29)49-27-12-13-28-26(20-27)21-40(33(28)43)30-14-15-32(42)41(34(30)44)24-47-18-19-51(4,5)6/h7-13,20,29-31H,14-19,21-24H2,1-6H3,(H,38,45). The minimum Gasteiger partial charge on any atom is -0.486 e. The van der Waals surface area contributed by atoms with Crippen molar-refractivity contribution in [3.8, 4) is 5.75 Å². The lowest BCUT2D eigenvalue weighted by molar-refractivity contribution is -0.158. The van der Waals surface area contributed by atoms with Crippen LogP contribution in [0.4, 0.5) is 9.59 Å². The molecule has 0 aliphatic carbocycles. The molecule has 13 nitrogen and oxygen atoms in total. The van der Waals surface area contributed by atoms with Crippen LogP contribution in [0.25, 0.3) is 0 Å². The quantitative estimate of drug-likeness (QED) is 0.189. The van der Waals surface area contributed by atoms with Crippen molar-refractivity contribution in [2.45, 2.75) is 103 Å². The van der Waals surface area contributed by atoms with Crippen molar-refractivity contribution < 1.29 is 42.9 Å². The summed E-state index contributed by atoms with van der Waals surface area (Å²) < 4.78 is 23.2. The lowest BCUT2D eigenvalue weighted by Gasteiger charge is -2.38. The number of benzene rings is 2. The van der Waals surface area contributed by atoms with E-state index in [0.717, 1.165) is 16.5 Å². The summed E-state index contributed by atoms with van der Waals surface area (Å²) in [5, 5.41) is 2.91. The average Bonchev–Trinajstić information content (AvgIpc) is 3.38. The monoisotopic (exact) mass is 722 g/mol. The predicted octanol–water partition coefficient (Wildman–Crippen LogP) is 5.16. The number of hydrogen-bond donors (Lipinski definition) is 1. The van der Waals surface area contributed by atoms with Gasteiger partial charge in [0, 0.05) is 39.8 Å². The Morgan fingerprint density at radius 3 is 2.45 bits per heavy atom. The normalized spacial score (nSPS) is 21.0. The number of likely N-dealkylation sites (tertiary alicyclic amines) is 2. The van der Waals surface area contributed by atoms with Gasteiger partial charge in [0.25, 0.3) is 11.8 Å². The predicted molar refractivity (Wildman–Crippen MR) is 191 cm³/mol. The molecule has 3 atom stereocenters. The Morgan fingerprint density at radius 2 is 1.75 bits per heavy atom. The molecule has 51 heavy (non-hydrogen) atoms. The van der Waals surface area contributed by atoms with Gasteiger partial charge in [-0.05, 0) is 69.0 Å². The summed E-state index contributed by atoms with van der Waals surface area (Å²) in [6.45, 7) is 13.1. The van der Waals surface area contributed by atoms with Gasteiger partial charge in [-0.3, -0.25) is 19.3 Å². The number of hydrogen-bond acceptors (Lipinski definition) is 9. The third-order valence-electron chi connectivity index (χ3n) is 9.00. The summed E-state index contributed by atoms with van der Waals surface area (Å²) in [7, 11) is -1.34. The highest BCUT2D eigenvalue weighted by Crippen LogP contribution is 2.32. The maximum Gasteiger partial charge on any atom is 0.410 e. The molecular weight excluding hydrogens is 673 g/mol. The molecule has 3 aliphatic rings. The summed E-state index contributed by atoms with van der Waals surface area (Å²) in [5.74, 6) is -0.594. The Balaban J connectivity index is 1.26. The lowest BCUT2D eigenvalue weighted by Crippen LogP contribution is -2.58. The topological polar surface area (TPSA) is 144 Å². The molecule has 5 amide bonds. The first-order valence-corrected chi connectivity index (χ1v) is 21.3. The van der Waals surface area contributed by atoms with E-state index in [4.69, 9.17) is 18.9 Å². The molecule has 3 aliphatic heterocycles. The van der Waals surface area contributed by atoms with Crippen LogP contribution in [0.1, 0.15) is 61.5 Å². The maximum atomic E-state index is 13.6. The van der Waals surface area contributed by atoms with E-state index in [0.29, 0.717) is 36.4 Å². The summed E-state index contributed by atoms with van der Waals surface area (Å²) in [6, 6.07) is 14.1. The molecule has 5 rings (SSSR count). The molecule has 0 aromatic heterocycles. The smallest absolute Gasteiger partial charge is 0.410 e. The number of piperidine rings is 2. The minimum atomic E-state index is -1.34. The first-order valence-electron chi connectivity index (χ1n) is 17.6. The van der Waals surface area contributed by atoms with Gasteiger partial charge in [0.1, 0.15) is 36.8 Å². The Kier molecular flexibility index (Phi) is 11.8. The van der Waals surface area contributed by atoms with Crippen LogP contribution in [-0.4, -0.2) is 103 Å². The number of imide groups is 1. The van der Waals surface area contributed by atoms with Crippen molar-refractivity contribution in [1.82, 2.24) is 20.0 Å². The molecule has 3 unspecified atom stereocenters. The van der Waals surface area contributed by atoms with Gasteiger partial charge >= 0.3 is 12.2 Å². The third-order valence-corrected chi connectivity index (χ3v) is 10.7. The first-order chi connectivity index (χ1) is 24.1. The van der Waals surface area contributed by atoms with Gasteiger partial charge in [0.2, 0.25) is 5.91 Å². The molecule has 2 aromatic carbocycles. The fourth-order valence-electron chi connectivity index (χ4n) is 6.24. The van der Waals surface area contributed by atoms with Crippen molar-refractivity contribution in [1.29, 1.82) is 0 Å². The number of fused-ring (bicyclic) bond motifs is 1. The van der Waals surface area contributed by atoms with Crippen LogP contribution in [0.3, 0.4) is 0 Å². The van der Waals surface area contributed by atoms with Gasteiger partial charge < -0.3 is 34.1 Å². The second-order valence-corrected chi connectivity index (χ2v) is 21.1. The summed E-state index contributed by atoms with van der Waals surface area (Å²) in [4.78, 5) is 69.7. The van der Waals surface area contributed by atoms with Gasteiger partial charge in [0.05, 0.1) is 12.6 Å². The molecule has 276 valence electrons. The van der Waals surface area contributed by atoms with E-state index in [9.17, 15) is 24.0 Å². The van der Waals surface area contributed by atoms with E-state index < -0.39 is 50.0 Å². The highest BCUT2D eigenvalue weighted by atomic mass is 28.3. The first kappa shape index (κ1) is 37.8. The SMILES string of the molecule is CC(C)(C)OC(=O)NC1CCN(C(=O)OCc2ccccc2)CC1Oc1ccc2c(c1)CN(C1CCC(=O)N(COCC[Si](C)(C)C)C1=O)C2=O. The van der Waals surface area contributed by atoms with Crippen molar-refractivity contribution in [2.75, 3.05) is 26.4 Å². The van der Waals surface area contributed by atoms with Gasteiger partial charge in [-0.25, -0.2) is 9.59 Å². The molecular formula is C37H50N4O9Si. The molecule has 3 heterocycles. The zero-order valence-electron chi connectivity index (χ0n) is 30.4. The van der Waals surface area contributed by atoms with E-state index in [1.165, 1.54) is 4.90 Å². The van der Waals surface area contributed by atoms with Gasteiger partial charge in [-0.2, -0.15) is 0 Å². The van der Waals surface area contributed by atoms with Crippen LogP contribution < -0.4 is 10.1 Å². The van der Waals surface area contributed by atoms with E-state index in [2.05, 4.69) is 25.0 Å². The Hall–Kier alpha value is -4.43. The molecule has 0 radical (unpaired) electrons. The highest BCUT2D eigenvalue weighted by Gasteiger charge is 2.43. The van der Waals surface area contributed by atoms with E-state index in [1.54, 1.807) is 43.9 Å². The van der Waals surface area contributed by atoms with Crippen molar-refractivity contribution in [2.24, 2.45) is 0 Å². The average molecular weight is 723 g/mol. The third kappa shape index (κ3) is 10.1. The number of alkyl carbamates (subject to hydrolysis) is 1. The molecule has 2 fully saturated rings. The maximum absolute atomic E-state index is 13.6. The Labute approximate surface area is 300 Å². The zero-order valence-corrected chi connectivity index (χ0v) is 31.4. The fraction of sp³-hybridized carbons (Fsp3) is 0.541. The van der Waals surface area contributed by atoms with E-state index in [1.807, 2.05) is 30.3 Å². The second kappa shape index (κ2) is 15.8. The van der Waals surface area contributed by atoms with Crippen LogP contribution in [0, 0.1) is 0 Å². The molecule has 14 heteroatoms. The van der Waals surface area contributed by atoms with Gasteiger partial charge in [-0.15, -0.1) is 0 Å². The zero-order chi connectivity index (χ0) is 36.9. The summed E-state index contributed by atoms with van der Waals surface area (Å²) in [5.41, 5.74) is 1.28. The number of rotatable bonds is 11. The number of carbonyl (C=O) groups excluding carboxylic acids is 5. The minimum absolute atomic E-state index is 0.123. The molecule has 0 saturated carbocycles. The number of amides is 5. The number of ether oxygens (including phenoxy) is 4. The second-order valence-electron chi connectivity index (χ2n) is 15.5. The molecule has 0 bridgehead atoms. The Morgan fingerprint density at radius 1 is 1.00 bits per heavy atom. The van der Waals surface area contributed by atoms with Gasteiger partial charge in [-0.1, -0.05) is 50.0 Å². The van der Waals surface area contributed by atoms with Crippen LogP contribution >= 0.6 is 0 Å². The Bertz CT molecular complexity index is 1610. The number of carbonyl (C=O) groups is 5.